The lowest BCUT2D eigenvalue weighted by atomic mass is 9.85. The van der Waals surface area contributed by atoms with Gasteiger partial charge >= 0.3 is 5.97 Å². The molecule has 3 aliphatic rings. The van der Waals surface area contributed by atoms with Crippen molar-refractivity contribution in [2.45, 2.75) is 83.0 Å². The molecule has 3 fully saturated rings. The van der Waals surface area contributed by atoms with Crippen LogP contribution in [0, 0.1) is 5.92 Å². The number of ether oxygens (including phenoxy) is 1. The van der Waals surface area contributed by atoms with Crippen molar-refractivity contribution in [1.29, 1.82) is 0 Å². The number of hydrogen-bond acceptors (Lipinski definition) is 4. The van der Waals surface area contributed by atoms with Gasteiger partial charge in [-0.1, -0.05) is 43.1 Å². The third kappa shape index (κ3) is 3.72. The van der Waals surface area contributed by atoms with Crippen LogP contribution in [0.1, 0.15) is 64.8 Å². The lowest BCUT2D eigenvalue weighted by Crippen LogP contribution is -2.67. The molecule has 0 aromatic heterocycles. The Kier molecular flexibility index (Phi) is 4.52. The van der Waals surface area contributed by atoms with Crippen molar-refractivity contribution < 1.29 is 26.0 Å². The third-order valence-corrected chi connectivity index (χ3v) is 6.77. The molecule has 6 nitrogen and oxygen atoms in total. The van der Waals surface area contributed by atoms with Crippen LogP contribution in [0.3, 0.4) is 0 Å². The molecule has 1 saturated carbocycles. The maximum Gasteiger partial charge on any atom is 0.328 e. The molecule has 2 heterocycles. The Morgan fingerprint density at radius 2 is 1.93 bits per heavy atom. The van der Waals surface area contributed by atoms with Gasteiger partial charge < -0.3 is 14.5 Å². The number of piperazine rings is 1. The van der Waals surface area contributed by atoms with Crippen molar-refractivity contribution in [1.82, 2.24) is 9.80 Å². The zero-order valence-electron chi connectivity index (χ0n) is 22.6. The first-order valence-electron chi connectivity index (χ1n) is 13.5. The second kappa shape index (κ2) is 8.78. The number of carbonyl (C=O) groups is 3. The summed E-state index contributed by atoms with van der Waals surface area (Å²) in [7, 11) is 0. The molecule has 1 aliphatic carbocycles. The minimum atomic E-state index is -1.09. The smallest absolute Gasteiger partial charge is 0.328 e. The molecule has 162 valence electrons. The van der Waals surface area contributed by atoms with Gasteiger partial charge in [-0.3, -0.25) is 9.59 Å². The van der Waals surface area contributed by atoms with E-state index in [-0.39, 0.29) is 55.0 Å². The second-order valence-electron chi connectivity index (χ2n) is 8.44. The predicted octanol–water partition coefficient (Wildman–Crippen LogP) is 2.94. The Bertz CT molecular complexity index is 1020. The fourth-order valence-electron chi connectivity index (χ4n) is 5.41. The summed E-state index contributed by atoms with van der Waals surface area (Å²) < 4.78 is 45.2. The molecule has 5 atom stereocenters. The summed E-state index contributed by atoms with van der Waals surface area (Å²) >= 11 is 0. The highest BCUT2D eigenvalue weighted by atomic mass is 16.5. The van der Waals surface area contributed by atoms with E-state index in [0.717, 1.165) is 25.7 Å². The molecule has 0 spiro atoms. The zero-order chi connectivity index (χ0) is 25.6. The summed E-state index contributed by atoms with van der Waals surface area (Å²) in [6.45, 7) is 3.37. The normalized spacial score (nSPS) is 31.7. The van der Waals surface area contributed by atoms with Crippen LogP contribution in [0.25, 0.3) is 0 Å². The van der Waals surface area contributed by atoms with Crippen molar-refractivity contribution in [3.63, 3.8) is 0 Å². The van der Waals surface area contributed by atoms with Gasteiger partial charge in [0.05, 0.1) is 13.5 Å². The van der Waals surface area contributed by atoms with Crippen LogP contribution in [0.4, 0.5) is 0 Å². The van der Waals surface area contributed by atoms with E-state index in [1.807, 2.05) is 0 Å². The monoisotopic (exact) mass is 417 g/mol. The van der Waals surface area contributed by atoms with Crippen LogP contribution in [-0.4, -0.2) is 58.4 Å². The molecule has 0 N–H and O–H groups in total. The van der Waals surface area contributed by atoms with Crippen LogP contribution >= 0.6 is 0 Å². The van der Waals surface area contributed by atoms with Gasteiger partial charge in [-0.2, -0.15) is 0 Å². The molecule has 0 radical (unpaired) electrons. The molecule has 4 rings (SSSR count). The highest BCUT2D eigenvalue weighted by Gasteiger charge is 2.55. The van der Waals surface area contributed by atoms with E-state index in [0.29, 0.717) is 12.3 Å². The van der Waals surface area contributed by atoms with E-state index < -0.39 is 42.2 Å². The Hall–Kier alpha value is -2.37. The first kappa shape index (κ1) is 15.4. The number of esters is 1. The SMILES string of the molecule is [2H]c1c([2H])c([2H])c(CC[C@H](C(=O)OCC)N2C(=O)[C@@H]3C[C@H]4CCCC[C@@H]4N3C(=O)[C@@H]2C)c([2H])c1[2H]. The van der Waals surface area contributed by atoms with Gasteiger partial charge in [-0.15, -0.1) is 0 Å². The number of carbonyl (C=O) groups excluding carboxylic acids is 3. The number of rotatable bonds is 6. The van der Waals surface area contributed by atoms with Crippen molar-refractivity contribution >= 4 is 17.8 Å². The average Bonchev–Trinajstić information content (AvgIpc) is 3.24. The Morgan fingerprint density at radius 1 is 1.20 bits per heavy atom. The fourth-order valence-corrected chi connectivity index (χ4v) is 5.41. The maximum absolute atomic E-state index is 13.7. The molecule has 2 aliphatic heterocycles. The number of benzene rings is 1. The van der Waals surface area contributed by atoms with Crippen LogP contribution in [-0.2, 0) is 25.5 Å². The Labute approximate surface area is 185 Å². The van der Waals surface area contributed by atoms with Gasteiger partial charge in [-0.05, 0) is 57.4 Å². The Morgan fingerprint density at radius 3 is 2.67 bits per heavy atom. The molecule has 30 heavy (non-hydrogen) atoms. The Balaban J connectivity index is 1.64. The molecule has 6 heteroatoms. The second-order valence-corrected chi connectivity index (χ2v) is 8.44. The van der Waals surface area contributed by atoms with E-state index in [4.69, 9.17) is 11.6 Å². The molecular formula is C24H32N2O4. The summed E-state index contributed by atoms with van der Waals surface area (Å²) in [5.41, 5.74) is 0.0715. The van der Waals surface area contributed by atoms with Crippen LogP contribution in [0.15, 0.2) is 30.2 Å². The van der Waals surface area contributed by atoms with Crippen molar-refractivity contribution in [3.8, 4) is 0 Å². The van der Waals surface area contributed by atoms with E-state index in [1.165, 1.54) is 4.90 Å². The summed E-state index contributed by atoms with van der Waals surface area (Å²) in [5, 5.41) is 0. The van der Waals surface area contributed by atoms with Crippen LogP contribution in [0.2, 0.25) is 0 Å². The van der Waals surface area contributed by atoms with Gasteiger partial charge in [0.2, 0.25) is 11.8 Å². The number of fused-ring (bicyclic) bond motifs is 3. The van der Waals surface area contributed by atoms with Gasteiger partial charge in [0.25, 0.3) is 0 Å². The van der Waals surface area contributed by atoms with Gasteiger partial charge in [0, 0.05) is 6.04 Å². The molecular weight excluding hydrogens is 380 g/mol. The molecule has 1 aromatic rings. The summed E-state index contributed by atoms with van der Waals surface area (Å²) in [6.07, 6.45) is 4.55. The number of amides is 2. The predicted molar refractivity (Wildman–Crippen MR) is 112 cm³/mol. The van der Waals surface area contributed by atoms with Crippen molar-refractivity contribution in [3.05, 3.63) is 35.8 Å². The summed E-state index contributed by atoms with van der Waals surface area (Å²) in [5.74, 6) is -0.802. The molecule has 1 aromatic carbocycles. The minimum Gasteiger partial charge on any atom is -0.464 e. The standard InChI is InChI=1S/C24H32N2O4/c1-3-30-24(29)20(14-13-17-9-5-4-6-10-17)25-16(2)22(27)26-19-12-8-7-11-18(19)15-21(26)23(25)28/h4-6,9-10,16,18-21H,3,7-8,11-15H2,1-2H3/t16-,18+,19-,20+,21-/m0/s1/i4D,5D,6D,9D,10D. The topological polar surface area (TPSA) is 66.9 Å². The maximum atomic E-state index is 13.7. The molecule has 2 saturated heterocycles. The highest BCUT2D eigenvalue weighted by molar-refractivity contribution is 5.99. The minimum absolute atomic E-state index is 0.0181. The quantitative estimate of drug-likeness (QED) is 0.668. The fraction of sp³-hybridized carbons (Fsp3) is 0.625. The average molecular weight is 418 g/mol. The molecule has 2 amide bonds. The number of nitrogens with zero attached hydrogens (tertiary/aromatic N) is 2. The highest BCUT2D eigenvalue weighted by Crippen LogP contribution is 2.43. The van der Waals surface area contributed by atoms with E-state index in [2.05, 4.69) is 0 Å². The summed E-state index contributed by atoms with van der Waals surface area (Å²) in [4.78, 5) is 43.3. The van der Waals surface area contributed by atoms with E-state index >= 15 is 0 Å². The first-order chi connectivity index (χ1) is 16.6. The lowest BCUT2D eigenvalue weighted by Gasteiger charge is -2.46. The largest absolute Gasteiger partial charge is 0.464 e. The number of hydrogen-bond donors (Lipinski definition) is 0. The van der Waals surface area contributed by atoms with E-state index in [9.17, 15) is 14.4 Å². The van der Waals surface area contributed by atoms with Crippen LogP contribution < -0.4 is 0 Å². The van der Waals surface area contributed by atoms with E-state index in [1.54, 1.807) is 18.7 Å². The zero-order valence-corrected chi connectivity index (χ0v) is 17.6. The van der Waals surface area contributed by atoms with Gasteiger partial charge in [-0.25, -0.2) is 4.79 Å². The van der Waals surface area contributed by atoms with Crippen molar-refractivity contribution in [2.24, 2.45) is 5.92 Å². The lowest BCUT2D eigenvalue weighted by molar-refractivity contribution is -0.170. The van der Waals surface area contributed by atoms with Crippen molar-refractivity contribution in [2.75, 3.05) is 6.61 Å². The van der Waals surface area contributed by atoms with Gasteiger partial charge in [0.1, 0.15) is 18.1 Å². The third-order valence-electron chi connectivity index (χ3n) is 6.77. The molecule has 0 unspecified atom stereocenters. The summed E-state index contributed by atoms with van der Waals surface area (Å²) in [6, 6.07) is -4.52. The van der Waals surface area contributed by atoms with Gasteiger partial charge in [0.15, 0.2) is 0 Å². The molecule has 0 bridgehead atoms. The first-order valence-corrected chi connectivity index (χ1v) is 11.0. The van der Waals surface area contributed by atoms with Crippen LogP contribution in [0.5, 0.6) is 0 Å².